The van der Waals surface area contributed by atoms with Crippen molar-refractivity contribution in [1.29, 1.82) is 0 Å². The van der Waals surface area contributed by atoms with Crippen LogP contribution in [0.2, 0.25) is 0 Å². The average Bonchev–Trinajstić information content (AvgIpc) is 3.21. The van der Waals surface area contributed by atoms with Crippen LogP contribution < -0.4 is 10.5 Å². The van der Waals surface area contributed by atoms with E-state index in [1.54, 1.807) is 24.3 Å². The van der Waals surface area contributed by atoms with Gasteiger partial charge in [0, 0.05) is 30.1 Å². The number of carboxylic acids is 1. The lowest BCUT2D eigenvalue weighted by molar-refractivity contribution is -0.147. The molecule has 0 unspecified atom stereocenters. The van der Waals surface area contributed by atoms with E-state index in [9.17, 15) is 14.0 Å². The second-order valence-corrected chi connectivity index (χ2v) is 9.15. The number of likely N-dealkylation sites (tertiary alicyclic amines) is 1. The van der Waals surface area contributed by atoms with E-state index in [0.717, 1.165) is 16.5 Å². The number of amides is 1. The summed E-state index contributed by atoms with van der Waals surface area (Å²) < 4.78 is 20.0. The summed E-state index contributed by atoms with van der Waals surface area (Å²) in [6.45, 7) is 3.63. The first kappa shape index (κ1) is 23.6. The number of aryl methyl sites for hydroxylation is 1. The van der Waals surface area contributed by atoms with Crippen molar-refractivity contribution in [2.45, 2.75) is 19.9 Å². The standard InChI is InChI=1S/C25H24FN3O4S/c1-2-15-10-19(14-29-12-17(13-29)25(31)32)34-22(15)23(27)28-24(30)16-8-9-21(20(26)11-16)33-18-6-4-3-5-7-18/h3-11,17H,2,12-14H2,1H3,(H,31,32)(H2,27,28,30). The zero-order valence-electron chi connectivity index (χ0n) is 18.5. The van der Waals surface area contributed by atoms with Gasteiger partial charge in [-0.15, -0.1) is 11.3 Å². The Bertz CT molecular complexity index is 1240. The topological polar surface area (TPSA) is 105 Å². The number of benzene rings is 2. The Balaban J connectivity index is 1.46. The van der Waals surface area contributed by atoms with Crippen molar-refractivity contribution in [2.75, 3.05) is 13.1 Å². The third-order valence-corrected chi connectivity index (χ3v) is 6.72. The molecule has 2 aromatic carbocycles. The monoisotopic (exact) mass is 481 g/mol. The zero-order valence-corrected chi connectivity index (χ0v) is 19.3. The Morgan fingerprint density at radius 2 is 1.94 bits per heavy atom. The van der Waals surface area contributed by atoms with E-state index in [-0.39, 0.29) is 23.1 Å². The highest BCUT2D eigenvalue weighted by Gasteiger charge is 2.32. The summed E-state index contributed by atoms with van der Waals surface area (Å²) >= 11 is 1.43. The molecule has 2 heterocycles. The normalized spacial score (nSPS) is 14.6. The number of ether oxygens (including phenoxy) is 1. The molecular formula is C25H24FN3O4S. The summed E-state index contributed by atoms with van der Waals surface area (Å²) in [7, 11) is 0. The second kappa shape index (κ2) is 10.1. The largest absolute Gasteiger partial charge is 0.481 e. The zero-order chi connectivity index (χ0) is 24.2. The molecule has 1 aliphatic heterocycles. The number of para-hydroxylation sites is 1. The lowest BCUT2D eigenvalue weighted by Gasteiger charge is -2.36. The lowest BCUT2D eigenvalue weighted by Crippen LogP contribution is -2.49. The predicted molar refractivity (Wildman–Crippen MR) is 128 cm³/mol. The van der Waals surface area contributed by atoms with Crippen LogP contribution in [0.1, 0.15) is 32.6 Å². The molecule has 1 amide bonds. The number of nitrogens with two attached hydrogens (primary N) is 1. The molecule has 3 N–H and O–H groups in total. The van der Waals surface area contributed by atoms with Gasteiger partial charge in [-0.2, -0.15) is 4.99 Å². The van der Waals surface area contributed by atoms with Crippen LogP contribution in [0, 0.1) is 11.7 Å². The van der Waals surface area contributed by atoms with Crippen molar-refractivity contribution >= 4 is 29.0 Å². The number of carboxylic acid groups (broad SMARTS) is 1. The van der Waals surface area contributed by atoms with Gasteiger partial charge in [-0.05, 0) is 48.4 Å². The predicted octanol–water partition coefficient (Wildman–Crippen LogP) is 4.30. The van der Waals surface area contributed by atoms with Crippen LogP contribution >= 0.6 is 11.3 Å². The van der Waals surface area contributed by atoms with E-state index in [4.69, 9.17) is 15.6 Å². The number of aliphatic imine (C=N–C) groups is 1. The first-order valence-electron chi connectivity index (χ1n) is 10.8. The number of thiophene rings is 1. The molecule has 1 aliphatic rings. The van der Waals surface area contributed by atoms with Gasteiger partial charge in [0.2, 0.25) is 0 Å². The molecule has 7 nitrogen and oxygen atoms in total. The fraction of sp³-hybridized carbons (Fsp3) is 0.240. The second-order valence-electron chi connectivity index (χ2n) is 8.01. The third-order valence-electron chi connectivity index (χ3n) is 5.53. The fourth-order valence-corrected chi connectivity index (χ4v) is 4.87. The Morgan fingerprint density at radius 3 is 2.59 bits per heavy atom. The maximum atomic E-state index is 14.5. The minimum Gasteiger partial charge on any atom is -0.481 e. The van der Waals surface area contributed by atoms with Gasteiger partial charge in [0.15, 0.2) is 11.6 Å². The number of halogens is 1. The summed E-state index contributed by atoms with van der Waals surface area (Å²) in [6.07, 6.45) is 0.703. The quantitative estimate of drug-likeness (QED) is 0.367. The Labute approximate surface area is 200 Å². The highest BCUT2D eigenvalue weighted by molar-refractivity contribution is 7.14. The minimum atomic E-state index is -0.775. The van der Waals surface area contributed by atoms with Crippen LogP contribution in [0.15, 0.2) is 59.6 Å². The molecule has 1 fully saturated rings. The van der Waals surface area contributed by atoms with E-state index in [1.165, 1.54) is 23.5 Å². The van der Waals surface area contributed by atoms with Crippen LogP contribution in [0.4, 0.5) is 4.39 Å². The molecule has 0 atom stereocenters. The summed E-state index contributed by atoms with van der Waals surface area (Å²) in [5, 5.41) is 9.03. The molecule has 1 saturated heterocycles. The third kappa shape index (κ3) is 5.32. The van der Waals surface area contributed by atoms with Crippen LogP contribution in [-0.4, -0.2) is 40.8 Å². The van der Waals surface area contributed by atoms with Gasteiger partial charge >= 0.3 is 5.97 Å². The molecule has 34 heavy (non-hydrogen) atoms. The van der Waals surface area contributed by atoms with Crippen molar-refractivity contribution in [1.82, 2.24) is 4.90 Å². The average molecular weight is 482 g/mol. The van der Waals surface area contributed by atoms with Crippen LogP contribution in [-0.2, 0) is 17.8 Å². The van der Waals surface area contributed by atoms with Gasteiger partial charge in [0.05, 0.1) is 10.8 Å². The maximum Gasteiger partial charge on any atom is 0.309 e. The van der Waals surface area contributed by atoms with E-state index >= 15 is 0 Å². The van der Waals surface area contributed by atoms with E-state index in [2.05, 4.69) is 4.99 Å². The molecule has 4 rings (SSSR count). The minimum absolute atomic E-state index is 0.00648. The molecular weight excluding hydrogens is 457 g/mol. The molecule has 0 aliphatic carbocycles. The molecule has 176 valence electrons. The van der Waals surface area contributed by atoms with Gasteiger partial charge in [0.25, 0.3) is 5.91 Å². The summed E-state index contributed by atoms with van der Waals surface area (Å²) in [5.74, 6) is -1.85. The van der Waals surface area contributed by atoms with Crippen LogP contribution in [0.25, 0.3) is 0 Å². The summed E-state index contributed by atoms with van der Waals surface area (Å²) in [6, 6.07) is 14.7. The van der Waals surface area contributed by atoms with Crippen molar-refractivity contribution in [2.24, 2.45) is 16.6 Å². The molecule has 9 heteroatoms. The van der Waals surface area contributed by atoms with E-state index in [0.29, 0.717) is 36.7 Å². The van der Waals surface area contributed by atoms with Crippen LogP contribution in [0.3, 0.4) is 0 Å². The SMILES string of the molecule is CCc1cc(CN2CC(C(=O)O)C2)sc1C(N)=NC(=O)c1ccc(Oc2ccccc2)c(F)c1. The first-order chi connectivity index (χ1) is 16.3. The van der Waals surface area contributed by atoms with Gasteiger partial charge in [-0.25, -0.2) is 4.39 Å². The number of rotatable bonds is 8. The number of aliphatic carboxylic acids is 1. The molecule has 0 saturated carbocycles. The first-order valence-corrected chi connectivity index (χ1v) is 11.6. The molecule has 0 spiro atoms. The Kier molecular flexibility index (Phi) is 7.04. The number of nitrogens with zero attached hydrogens (tertiary/aromatic N) is 2. The van der Waals surface area contributed by atoms with Gasteiger partial charge in [0.1, 0.15) is 11.6 Å². The van der Waals surface area contributed by atoms with Crippen molar-refractivity contribution < 1.29 is 23.8 Å². The van der Waals surface area contributed by atoms with Gasteiger partial charge in [-0.1, -0.05) is 25.1 Å². The highest BCUT2D eigenvalue weighted by Crippen LogP contribution is 2.28. The van der Waals surface area contributed by atoms with Crippen molar-refractivity contribution in [3.05, 3.63) is 81.3 Å². The van der Waals surface area contributed by atoms with Crippen molar-refractivity contribution in [3.8, 4) is 11.5 Å². The number of hydrogen-bond donors (Lipinski definition) is 2. The fourth-order valence-electron chi connectivity index (χ4n) is 3.68. The highest BCUT2D eigenvalue weighted by atomic mass is 32.1. The smallest absolute Gasteiger partial charge is 0.309 e. The van der Waals surface area contributed by atoms with Crippen molar-refractivity contribution in [3.63, 3.8) is 0 Å². The number of carbonyl (C=O) groups is 2. The summed E-state index contributed by atoms with van der Waals surface area (Å²) in [4.78, 5) is 31.4. The van der Waals surface area contributed by atoms with Gasteiger partial charge in [-0.3, -0.25) is 14.5 Å². The van der Waals surface area contributed by atoms with Crippen LogP contribution in [0.5, 0.6) is 11.5 Å². The van der Waals surface area contributed by atoms with Gasteiger partial charge < -0.3 is 15.6 Å². The maximum absolute atomic E-state index is 14.5. The molecule has 0 radical (unpaired) electrons. The van der Waals surface area contributed by atoms with E-state index in [1.807, 2.05) is 24.0 Å². The Hall–Kier alpha value is -3.56. The number of carbonyl (C=O) groups excluding carboxylic acids is 1. The number of amidine groups is 1. The molecule has 0 bridgehead atoms. The lowest BCUT2D eigenvalue weighted by atomic mass is 10.0. The Morgan fingerprint density at radius 1 is 1.21 bits per heavy atom. The molecule has 3 aromatic rings. The summed E-state index contributed by atoms with van der Waals surface area (Å²) in [5.41, 5.74) is 7.19. The molecule has 1 aromatic heterocycles. The van der Waals surface area contributed by atoms with E-state index < -0.39 is 17.7 Å². The number of hydrogen-bond acceptors (Lipinski definition) is 5.